The Morgan fingerprint density at radius 1 is 1.00 bits per heavy atom. The summed E-state index contributed by atoms with van der Waals surface area (Å²) >= 11 is 0. The number of rotatable bonds is 10. The molecule has 2 N–H and O–H groups in total. The lowest BCUT2D eigenvalue weighted by Crippen LogP contribution is -2.41. The Labute approximate surface area is 268 Å². The van der Waals surface area contributed by atoms with Gasteiger partial charge in [0.25, 0.3) is 5.91 Å². The van der Waals surface area contributed by atoms with Crippen LogP contribution in [0, 0.1) is 5.82 Å². The van der Waals surface area contributed by atoms with E-state index in [0.29, 0.717) is 33.2 Å². The molecule has 4 aromatic rings. The Bertz CT molecular complexity index is 1950. The van der Waals surface area contributed by atoms with Crippen LogP contribution in [-0.2, 0) is 25.8 Å². The first-order chi connectivity index (χ1) is 21.6. The molecule has 0 bridgehead atoms. The average molecular weight is 647 g/mol. The lowest BCUT2D eigenvalue weighted by atomic mass is 9.75. The van der Waals surface area contributed by atoms with E-state index in [0.717, 1.165) is 23.4 Å². The van der Waals surface area contributed by atoms with E-state index >= 15 is 0 Å². The number of Topliss-reactive ketones (excluding diaryl/α,β-unsaturated/α-hetero) is 1. The highest BCUT2D eigenvalue weighted by atomic mass is 32.2. The molecule has 1 aliphatic carbocycles. The number of nitrogens with zero attached hydrogens (tertiary/aromatic N) is 1. The number of halogens is 1. The number of nitrogens with two attached hydrogens (primary N) is 1. The summed E-state index contributed by atoms with van der Waals surface area (Å²) in [5.74, 6) is -1.21. The zero-order valence-electron chi connectivity index (χ0n) is 26.4. The molecular weight excluding hydrogens is 610 g/mol. The molecule has 1 aliphatic heterocycles. The summed E-state index contributed by atoms with van der Waals surface area (Å²) in [6, 6.07) is 16.0. The molecule has 46 heavy (non-hydrogen) atoms. The van der Waals surface area contributed by atoms with Gasteiger partial charge >= 0.3 is 7.12 Å². The van der Waals surface area contributed by atoms with Crippen LogP contribution in [0.2, 0.25) is 0 Å². The van der Waals surface area contributed by atoms with Gasteiger partial charge in [-0.25, -0.2) is 12.8 Å². The van der Waals surface area contributed by atoms with Crippen molar-refractivity contribution in [3.05, 3.63) is 94.5 Å². The fourth-order valence-corrected chi connectivity index (χ4v) is 6.71. The maximum atomic E-state index is 14.0. The lowest BCUT2D eigenvalue weighted by molar-refractivity contribution is 0.00578. The third kappa shape index (κ3) is 5.97. The molecule has 9 nitrogen and oxygen atoms in total. The minimum Gasteiger partial charge on any atom is -0.460 e. The number of anilines is 1. The molecule has 0 spiro atoms. The normalized spacial score (nSPS) is 17.4. The Hall–Kier alpha value is -4.00. The van der Waals surface area contributed by atoms with Crippen LogP contribution >= 0.6 is 0 Å². The smallest absolute Gasteiger partial charge is 0.460 e. The number of benzene rings is 3. The molecule has 3 aromatic carbocycles. The van der Waals surface area contributed by atoms with Gasteiger partial charge < -0.3 is 19.5 Å². The Kier molecular flexibility index (Phi) is 7.89. The summed E-state index contributed by atoms with van der Waals surface area (Å²) in [5, 5.41) is 0.459. The van der Waals surface area contributed by atoms with E-state index < -0.39 is 52.4 Å². The molecule has 0 atom stereocenters. The van der Waals surface area contributed by atoms with Gasteiger partial charge in [0.1, 0.15) is 17.2 Å². The second-order valence-corrected chi connectivity index (χ2v) is 15.0. The highest BCUT2D eigenvalue weighted by Crippen LogP contribution is 2.47. The minimum atomic E-state index is -3.98. The van der Waals surface area contributed by atoms with Crippen molar-refractivity contribution in [2.24, 2.45) is 5.73 Å². The van der Waals surface area contributed by atoms with Crippen LogP contribution in [0.5, 0.6) is 0 Å². The van der Waals surface area contributed by atoms with Crippen molar-refractivity contribution in [2.75, 3.05) is 17.1 Å². The number of sulfonamides is 1. The Morgan fingerprint density at radius 2 is 1.63 bits per heavy atom. The van der Waals surface area contributed by atoms with E-state index in [4.69, 9.17) is 19.5 Å². The van der Waals surface area contributed by atoms with Gasteiger partial charge in [-0.3, -0.25) is 13.9 Å². The van der Waals surface area contributed by atoms with E-state index in [-0.39, 0.29) is 29.2 Å². The quantitative estimate of drug-likeness (QED) is 0.188. The average Bonchev–Trinajstić information content (AvgIpc) is 3.71. The number of ketones is 1. The van der Waals surface area contributed by atoms with E-state index in [2.05, 4.69) is 0 Å². The van der Waals surface area contributed by atoms with Crippen molar-refractivity contribution in [3.8, 4) is 0 Å². The van der Waals surface area contributed by atoms with Gasteiger partial charge in [0.15, 0.2) is 5.78 Å². The second kappa shape index (κ2) is 11.4. The standard InChI is InChI=1S/C34H36BFN2O7S/c1-33(2)34(3,4)45-35(44-33)26-9-7-6-8-23(26)28(39)19-38(46(5,41)42)27-18-29-25(17-24(27)21-12-13-21)31(32(37)40)30(43-29)16-20-10-14-22(36)15-11-20/h6-11,14-15,17-18,21H,12-13,16,19H2,1-5H3,(H2,37,40). The fraction of sp³-hybridized carbons (Fsp3) is 0.353. The van der Waals surface area contributed by atoms with Gasteiger partial charge in [0.05, 0.1) is 35.3 Å². The summed E-state index contributed by atoms with van der Waals surface area (Å²) in [6.07, 6.45) is 2.87. The molecule has 2 fully saturated rings. The van der Waals surface area contributed by atoms with E-state index in [9.17, 15) is 22.4 Å². The Balaban J connectivity index is 1.41. The summed E-state index contributed by atoms with van der Waals surface area (Å²) in [7, 11) is -4.79. The van der Waals surface area contributed by atoms with Crippen molar-refractivity contribution in [1.82, 2.24) is 0 Å². The maximum absolute atomic E-state index is 14.0. The van der Waals surface area contributed by atoms with E-state index in [1.54, 1.807) is 48.5 Å². The summed E-state index contributed by atoms with van der Waals surface area (Å²) in [5.41, 5.74) is 7.47. The van der Waals surface area contributed by atoms with Gasteiger partial charge in [-0.1, -0.05) is 36.4 Å². The first-order valence-corrected chi connectivity index (χ1v) is 17.0. The zero-order valence-corrected chi connectivity index (χ0v) is 27.2. The van der Waals surface area contributed by atoms with Crippen LogP contribution in [0.3, 0.4) is 0 Å². The minimum absolute atomic E-state index is 0.0342. The monoisotopic (exact) mass is 646 g/mol. The molecular formula is C34H36BFN2O7S. The summed E-state index contributed by atoms with van der Waals surface area (Å²) < 4.78 is 59.9. The van der Waals surface area contributed by atoms with Crippen LogP contribution < -0.4 is 15.5 Å². The van der Waals surface area contributed by atoms with E-state index in [1.807, 2.05) is 27.7 Å². The van der Waals surface area contributed by atoms with Crippen LogP contribution in [-0.4, -0.2) is 51.2 Å². The van der Waals surface area contributed by atoms with Crippen LogP contribution in [0.4, 0.5) is 10.1 Å². The Morgan fingerprint density at radius 3 is 2.22 bits per heavy atom. The molecule has 1 saturated carbocycles. The third-order valence-electron chi connectivity index (χ3n) is 9.18. The number of fused-ring (bicyclic) bond motifs is 1. The molecule has 2 aliphatic rings. The predicted molar refractivity (Wildman–Crippen MR) is 175 cm³/mol. The second-order valence-electron chi connectivity index (χ2n) is 13.1. The van der Waals surface area contributed by atoms with Gasteiger partial charge in [-0.2, -0.15) is 0 Å². The first-order valence-electron chi connectivity index (χ1n) is 15.1. The topological polar surface area (TPSA) is 129 Å². The van der Waals surface area contributed by atoms with Crippen molar-refractivity contribution in [3.63, 3.8) is 0 Å². The SMILES string of the molecule is CC1(C)OB(c2ccccc2C(=O)CN(c2cc3oc(Cc4ccc(F)cc4)c(C(N)=O)c3cc2C2CC2)S(C)(=O)=O)OC1(C)C. The number of furan rings is 1. The molecule has 6 rings (SSSR count). The largest absolute Gasteiger partial charge is 0.495 e. The number of hydrogen-bond acceptors (Lipinski definition) is 7. The van der Waals surface area contributed by atoms with Crippen molar-refractivity contribution < 1.29 is 36.1 Å². The molecule has 1 amide bonds. The van der Waals surface area contributed by atoms with E-state index in [1.165, 1.54) is 12.1 Å². The van der Waals surface area contributed by atoms with Gasteiger partial charge in [0.2, 0.25) is 10.0 Å². The zero-order chi connectivity index (χ0) is 33.2. The van der Waals surface area contributed by atoms with Crippen LogP contribution in [0.25, 0.3) is 11.0 Å². The number of carbonyl (C=O) groups is 2. The van der Waals surface area contributed by atoms with Gasteiger partial charge in [-0.15, -0.1) is 0 Å². The van der Waals surface area contributed by atoms with Crippen molar-refractivity contribution in [1.29, 1.82) is 0 Å². The predicted octanol–water partition coefficient (Wildman–Crippen LogP) is 5.09. The number of amides is 1. The lowest BCUT2D eigenvalue weighted by Gasteiger charge is -2.32. The molecule has 240 valence electrons. The number of primary amides is 1. The maximum Gasteiger partial charge on any atom is 0.495 e. The van der Waals surface area contributed by atoms with Crippen LogP contribution in [0.15, 0.2) is 65.1 Å². The third-order valence-corrected chi connectivity index (χ3v) is 10.3. The summed E-state index contributed by atoms with van der Waals surface area (Å²) in [4.78, 5) is 26.7. The number of carbonyl (C=O) groups excluding carboxylic acids is 2. The highest BCUT2D eigenvalue weighted by molar-refractivity contribution is 7.92. The molecule has 1 saturated heterocycles. The molecule has 2 heterocycles. The molecule has 1 aromatic heterocycles. The van der Waals surface area contributed by atoms with Crippen molar-refractivity contribution >= 4 is 51.0 Å². The molecule has 12 heteroatoms. The van der Waals surface area contributed by atoms with Crippen LogP contribution in [0.1, 0.15) is 84.1 Å². The summed E-state index contributed by atoms with van der Waals surface area (Å²) in [6.45, 7) is 7.19. The molecule has 0 unspecified atom stereocenters. The fourth-order valence-electron chi connectivity index (χ4n) is 5.84. The molecule has 0 radical (unpaired) electrons. The highest BCUT2D eigenvalue weighted by Gasteiger charge is 2.52. The number of hydrogen-bond donors (Lipinski definition) is 1. The van der Waals surface area contributed by atoms with Gasteiger partial charge in [0, 0.05) is 23.4 Å². The first kappa shape index (κ1) is 32.0. The van der Waals surface area contributed by atoms with Gasteiger partial charge in [-0.05, 0) is 81.2 Å². The van der Waals surface area contributed by atoms with Crippen molar-refractivity contribution in [2.45, 2.75) is 64.1 Å².